The summed E-state index contributed by atoms with van der Waals surface area (Å²) in [5.74, 6) is 0. The molecule has 0 unspecified atom stereocenters. The molecule has 1 atom stereocenters. The Morgan fingerprint density at radius 1 is 0.840 bits per heavy atom. The summed E-state index contributed by atoms with van der Waals surface area (Å²) >= 11 is 0. The Kier molecular flexibility index (Phi) is 4.84. The fraction of sp³-hybridized carbons (Fsp3) is 0.520. The van der Waals surface area contributed by atoms with Crippen molar-refractivity contribution >= 4 is 0 Å². The molecular weight excluding hydrogens is 300 g/mol. The summed E-state index contributed by atoms with van der Waals surface area (Å²) in [5, 5.41) is 0. The maximum absolute atomic E-state index is 2.54. The largest absolute Gasteiger partial charge is 0.0622 e. The Morgan fingerprint density at radius 2 is 1.40 bits per heavy atom. The predicted molar refractivity (Wildman–Crippen MR) is 109 cm³/mol. The average Bonchev–Trinajstić information content (AvgIpc) is 3.04. The van der Waals surface area contributed by atoms with Crippen LogP contribution in [0.4, 0.5) is 0 Å². The Hall–Kier alpha value is -1.56. The molecule has 1 saturated carbocycles. The first-order chi connectivity index (χ1) is 11.8. The lowest BCUT2D eigenvalue weighted by molar-refractivity contribution is 0.122. The van der Waals surface area contributed by atoms with E-state index in [0.717, 1.165) is 0 Å². The molecule has 0 radical (unpaired) electrons. The zero-order chi connectivity index (χ0) is 18.1. The molecule has 0 heteroatoms. The fourth-order valence-corrected chi connectivity index (χ4v) is 5.49. The van der Waals surface area contributed by atoms with Crippen molar-refractivity contribution in [3.8, 4) is 0 Å². The topological polar surface area (TPSA) is 0 Å². The van der Waals surface area contributed by atoms with Crippen molar-refractivity contribution in [1.82, 2.24) is 0 Å². The van der Waals surface area contributed by atoms with E-state index in [1.54, 1.807) is 0 Å². The zero-order valence-electron chi connectivity index (χ0n) is 16.7. The van der Waals surface area contributed by atoms with Gasteiger partial charge in [-0.3, -0.25) is 0 Å². The standard InChI is InChI=1S/C25H34/c1-20-13-9-10-16-22(20)23(2,3)19-25(5,21-14-7-6-8-15-21)24(4)17-11-12-18-24/h6-10,13-16H,11-12,17-19H2,1-5H3/t25-/m1/s1. The minimum Gasteiger partial charge on any atom is -0.0622 e. The van der Waals surface area contributed by atoms with E-state index in [1.165, 1.54) is 48.8 Å². The quantitative estimate of drug-likeness (QED) is 0.542. The number of benzene rings is 2. The number of aryl methyl sites for hydroxylation is 1. The van der Waals surface area contributed by atoms with E-state index in [2.05, 4.69) is 89.2 Å². The molecule has 0 aromatic heterocycles. The van der Waals surface area contributed by atoms with Crippen molar-refractivity contribution in [1.29, 1.82) is 0 Å². The molecule has 25 heavy (non-hydrogen) atoms. The third kappa shape index (κ3) is 3.28. The highest BCUT2D eigenvalue weighted by molar-refractivity contribution is 5.36. The van der Waals surface area contributed by atoms with Crippen molar-refractivity contribution in [3.63, 3.8) is 0 Å². The molecule has 0 aliphatic heterocycles. The van der Waals surface area contributed by atoms with Crippen LogP contribution >= 0.6 is 0 Å². The maximum Gasteiger partial charge on any atom is -0.00133 e. The van der Waals surface area contributed by atoms with Crippen LogP contribution in [0.5, 0.6) is 0 Å². The molecule has 0 heterocycles. The van der Waals surface area contributed by atoms with Crippen LogP contribution in [0.25, 0.3) is 0 Å². The van der Waals surface area contributed by atoms with Gasteiger partial charge >= 0.3 is 0 Å². The van der Waals surface area contributed by atoms with Gasteiger partial charge < -0.3 is 0 Å². The zero-order valence-corrected chi connectivity index (χ0v) is 16.7. The van der Waals surface area contributed by atoms with E-state index in [9.17, 15) is 0 Å². The summed E-state index contributed by atoms with van der Waals surface area (Å²) in [6.07, 6.45) is 6.64. The van der Waals surface area contributed by atoms with Gasteiger partial charge in [0, 0.05) is 0 Å². The summed E-state index contributed by atoms with van der Waals surface area (Å²) in [4.78, 5) is 0. The van der Waals surface area contributed by atoms with Gasteiger partial charge in [-0.15, -0.1) is 0 Å². The van der Waals surface area contributed by atoms with Gasteiger partial charge in [-0.25, -0.2) is 0 Å². The van der Waals surface area contributed by atoms with E-state index < -0.39 is 0 Å². The Labute approximate surface area is 154 Å². The van der Waals surface area contributed by atoms with E-state index in [1.807, 2.05) is 0 Å². The van der Waals surface area contributed by atoms with Crippen LogP contribution in [0, 0.1) is 12.3 Å². The lowest BCUT2D eigenvalue weighted by atomic mass is 9.54. The van der Waals surface area contributed by atoms with Gasteiger partial charge in [0.05, 0.1) is 0 Å². The molecule has 1 aliphatic rings. The molecule has 0 saturated heterocycles. The monoisotopic (exact) mass is 334 g/mol. The smallest absolute Gasteiger partial charge is 0.00133 e. The van der Waals surface area contributed by atoms with Gasteiger partial charge in [0.25, 0.3) is 0 Å². The molecule has 134 valence electrons. The van der Waals surface area contributed by atoms with Gasteiger partial charge in [0.1, 0.15) is 0 Å². The molecule has 0 nitrogen and oxygen atoms in total. The Bertz CT molecular complexity index is 704. The van der Waals surface area contributed by atoms with Gasteiger partial charge in [-0.2, -0.15) is 0 Å². The van der Waals surface area contributed by atoms with Crippen molar-refractivity contribution in [2.75, 3.05) is 0 Å². The minimum atomic E-state index is 0.154. The predicted octanol–water partition coefficient (Wildman–Crippen LogP) is 7.20. The second-order valence-corrected chi connectivity index (χ2v) is 9.34. The molecular formula is C25H34. The van der Waals surface area contributed by atoms with Crippen molar-refractivity contribution in [2.45, 2.75) is 77.6 Å². The molecule has 0 bridgehead atoms. The molecule has 2 aromatic carbocycles. The fourth-order valence-electron chi connectivity index (χ4n) is 5.49. The summed E-state index contributed by atoms with van der Waals surface area (Å²) in [5.41, 5.74) is 5.16. The lowest BCUT2D eigenvalue weighted by Crippen LogP contribution is -2.44. The second-order valence-electron chi connectivity index (χ2n) is 9.34. The number of hydrogen-bond donors (Lipinski definition) is 0. The Balaban J connectivity index is 2.06. The normalized spacial score (nSPS) is 19.6. The summed E-state index contributed by atoms with van der Waals surface area (Å²) in [6.45, 7) is 12.2. The van der Waals surface area contributed by atoms with E-state index in [-0.39, 0.29) is 10.8 Å². The van der Waals surface area contributed by atoms with Crippen molar-refractivity contribution in [2.24, 2.45) is 5.41 Å². The van der Waals surface area contributed by atoms with Crippen LogP contribution in [0.1, 0.15) is 76.5 Å². The van der Waals surface area contributed by atoms with Gasteiger partial charge in [0.15, 0.2) is 0 Å². The summed E-state index contributed by atoms with van der Waals surface area (Å²) < 4.78 is 0. The number of rotatable bonds is 5. The van der Waals surface area contributed by atoms with Crippen LogP contribution in [-0.4, -0.2) is 0 Å². The third-order valence-corrected chi connectivity index (χ3v) is 7.12. The van der Waals surface area contributed by atoms with E-state index >= 15 is 0 Å². The first-order valence-corrected chi connectivity index (χ1v) is 9.90. The van der Waals surface area contributed by atoms with Gasteiger partial charge in [-0.05, 0) is 59.1 Å². The van der Waals surface area contributed by atoms with Crippen LogP contribution in [-0.2, 0) is 10.8 Å². The highest BCUT2D eigenvalue weighted by Gasteiger charge is 2.49. The minimum absolute atomic E-state index is 0.154. The first kappa shape index (κ1) is 18.2. The maximum atomic E-state index is 2.54. The molecule has 1 aliphatic carbocycles. The molecule has 0 spiro atoms. The molecule has 3 rings (SSSR count). The van der Waals surface area contributed by atoms with Crippen molar-refractivity contribution in [3.05, 3.63) is 71.3 Å². The lowest BCUT2D eigenvalue weighted by Gasteiger charge is -2.49. The molecule has 0 N–H and O–H groups in total. The first-order valence-electron chi connectivity index (χ1n) is 9.90. The highest BCUT2D eigenvalue weighted by Crippen LogP contribution is 2.57. The van der Waals surface area contributed by atoms with E-state index in [4.69, 9.17) is 0 Å². The Morgan fingerprint density at radius 3 is 2.00 bits per heavy atom. The van der Waals surface area contributed by atoms with Crippen LogP contribution < -0.4 is 0 Å². The highest BCUT2D eigenvalue weighted by atomic mass is 14.5. The van der Waals surface area contributed by atoms with Gasteiger partial charge in [0.2, 0.25) is 0 Å². The van der Waals surface area contributed by atoms with Crippen molar-refractivity contribution < 1.29 is 0 Å². The summed E-state index contributed by atoms with van der Waals surface area (Å²) in [7, 11) is 0. The average molecular weight is 335 g/mol. The van der Waals surface area contributed by atoms with E-state index in [0.29, 0.717) is 5.41 Å². The molecule has 2 aromatic rings. The van der Waals surface area contributed by atoms with Crippen LogP contribution in [0.3, 0.4) is 0 Å². The van der Waals surface area contributed by atoms with Gasteiger partial charge in [-0.1, -0.05) is 95.1 Å². The van der Waals surface area contributed by atoms with Crippen LogP contribution in [0.2, 0.25) is 0 Å². The molecule has 1 fully saturated rings. The third-order valence-electron chi connectivity index (χ3n) is 7.12. The summed E-state index contributed by atoms with van der Waals surface area (Å²) in [6, 6.07) is 20.2. The number of hydrogen-bond acceptors (Lipinski definition) is 0. The SMILES string of the molecule is Cc1ccccc1C(C)(C)C[C@](C)(c1ccccc1)C1(C)CCCC1. The molecule has 0 amide bonds. The van der Waals surface area contributed by atoms with Crippen LogP contribution in [0.15, 0.2) is 54.6 Å². The second kappa shape index (κ2) is 6.63.